The van der Waals surface area contributed by atoms with Crippen molar-refractivity contribution >= 4 is 40.8 Å². The maximum atomic E-state index is 13.3. The van der Waals surface area contributed by atoms with Gasteiger partial charge in [0.25, 0.3) is 5.91 Å². The van der Waals surface area contributed by atoms with Gasteiger partial charge in [-0.25, -0.2) is 4.39 Å². The summed E-state index contributed by atoms with van der Waals surface area (Å²) in [6, 6.07) is 10.1. The molecule has 0 heterocycles. The maximum Gasteiger partial charge on any atom is 0.257 e. The van der Waals surface area contributed by atoms with E-state index in [4.69, 9.17) is 11.6 Å². The smallest absolute Gasteiger partial charge is 0.257 e. The fourth-order valence-corrected chi connectivity index (χ4v) is 3.33. The Morgan fingerprint density at radius 2 is 1.69 bits per heavy atom. The second kappa shape index (κ2) is 8.87. The molecule has 0 fully saturated rings. The van der Waals surface area contributed by atoms with Crippen LogP contribution in [0.4, 0.5) is 15.8 Å². The Morgan fingerprint density at radius 3 is 2.38 bits per heavy atom. The molecule has 6 nitrogen and oxygen atoms in total. The summed E-state index contributed by atoms with van der Waals surface area (Å²) in [5.41, 5.74) is 0.685. The van der Waals surface area contributed by atoms with Crippen LogP contribution in [0.3, 0.4) is 0 Å². The highest BCUT2D eigenvalue weighted by molar-refractivity contribution is 6.31. The SMILES string of the molecule is O=C(Nc1ccc(F)c(Cl)c1)c1ccccc1NC(=O)[C@@H]1CC=CC[C@H]1C(=O)[O-]. The summed E-state index contributed by atoms with van der Waals surface area (Å²) >= 11 is 5.73. The van der Waals surface area contributed by atoms with Crippen LogP contribution in [0.5, 0.6) is 0 Å². The normalized spacial score (nSPS) is 18.1. The van der Waals surface area contributed by atoms with E-state index in [2.05, 4.69) is 10.6 Å². The number of carbonyl (C=O) groups is 3. The lowest BCUT2D eigenvalue weighted by Crippen LogP contribution is -2.41. The first-order chi connectivity index (χ1) is 13.9. The predicted octanol–water partition coefficient (Wildman–Crippen LogP) is 3.00. The van der Waals surface area contributed by atoms with Crippen molar-refractivity contribution in [2.24, 2.45) is 11.8 Å². The second-order valence-electron chi connectivity index (χ2n) is 6.59. The number of amides is 2. The Morgan fingerprint density at radius 1 is 1.00 bits per heavy atom. The van der Waals surface area contributed by atoms with Gasteiger partial charge < -0.3 is 20.5 Å². The molecule has 0 aromatic heterocycles. The van der Waals surface area contributed by atoms with Gasteiger partial charge in [-0.2, -0.15) is 0 Å². The van der Waals surface area contributed by atoms with Gasteiger partial charge in [-0.05, 0) is 43.2 Å². The van der Waals surface area contributed by atoms with Crippen LogP contribution >= 0.6 is 11.6 Å². The van der Waals surface area contributed by atoms with Crippen molar-refractivity contribution in [1.82, 2.24) is 0 Å². The van der Waals surface area contributed by atoms with E-state index in [1.165, 1.54) is 24.3 Å². The molecule has 2 atom stereocenters. The van der Waals surface area contributed by atoms with Crippen molar-refractivity contribution in [3.8, 4) is 0 Å². The lowest BCUT2D eigenvalue weighted by molar-refractivity contribution is -0.313. The molecule has 0 saturated carbocycles. The fraction of sp³-hybridized carbons (Fsp3) is 0.190. The average Bonchev–Trinajstić information content (AvgIpc) is 2.71. The van der Waals surface area contributed by atoms with E-state index in [1.807, 2.05) is 0 Å². The topological polar surface area (TPSA) is 98.3 Å². The molecule has 2 N–H and O–H groups in total. The molecule has 2 amide bonds. The fourth-order valence-electron chi connectivity index (χ4n) is 3.15. The summed E-state index contributed by atoms with van der Waals surface area (Å²) in [7, 11) is 0. The van der Waals surface area contributed by atoms with Crippen LogP contribution in [-0.2, 0) is 9.59 Å². The van der Waals surface area contributed by atoms with Gasteiger partial charge in [0.15, 0.2) is 0 Å². The molecule has 3 rings (SSSR count). The van der Waals surface area contributed by atoms with Crippen LogP contribution in [0.25, 0.3) is 0 Å². The summed E-state index contributed by atoms with van der Waals surface area (Å²) in [5, 5.41) is 16.4. The second-order valence-corrected chi connectivity index (χ2v) is 7.00. The number of allylic oxidation sites excluding steroid dienone is 2. The largest absolute Gasteiger partial charge is 0.550 e. The molecule has 0 spiro atoms. The number of rotatable bonds is 5. The summed E-state index contributed by atoms with van der Waals surface area (Å²) < 4.78 is 13.3. The zero-order valence-electron chi connectivity index (χ0n) is 15.2. The third-order valence-corrected chi connectivity index (χ3v) is 4.97. The number of benzene rings is 2. The van der Waals surface area contributed by atoms with Gasteiger partial charge in [-0.3, -0.25) is 9.59 Å². The zero-order chi connectivity index (χ0) is 21.0. The number of hydrogen-bond donors (Lipinski definition) is 2. The van der Waals surface area contributed by atoms with Gasteiger partial charge in [-0.15, -0.1) is 0 Å². The Labute approximate surface area is 171 Å². The molecule has 8 heteroatoms. The molecule has 29 heavy (non-hydrogen) atoms. The standard InChI is InChI=1S/C21H18ClFN2O4/c22-16-11-12(9-10-17(16)23)24-20(27)15-7-3-4-8-18(15)25-19(26)13-5-1-2-6-14(13)21(28)29/h1-4,7-11,13-14H,5-6H2,(H,24,27)(H,25,26)(H,28,29)/p-1/t13-,14-/m1/s1. The quantitative estimate of drug-likeness (QED) is 0.733. The molecule has 150 valence electrons. The molecule has 0 saturated heterocycles. The van der Waals surface area contributed by atoms with Crippen molar-refractivity contribution in [3.05, 3.63) is 71.0 Å². The number of anilines is 2. The van der Waals surface area contributed by atoms with Gasteiger partial charge in [-0.1, -0.05) is 35.9 Å². The first-order valence-electron chi connectivity index (χ1n) is 8.89. The predicted molar refractivity (Wildman–Crippen MR) is 105 cm³/mol. The molecule has 2 aromatic rings. The van der Waals surface area contributed by atoms with E-state index in [-0.39, 0.29) is 34.8 Å². The Kier molecular flexibility index (Phi) is 6.29. The minimum absolute atomic E-state index is 0.136. The summed E-state index contributed by atoms with van der Waals surface area (Å²) in [5.74, 6) is -4.66. The molecule has 0 radical (unpaired) electrons. The average molecular weight is 416 g/mol. The highest BCUT2D eigenvalue weighted by Gasteiger charge is 2.30. The maximum absolute atomic E-state index is 13.3. The van der Waals surface area contributed by atoms with Gasteiger partial charge in [0.1, 0.15) is 5.82 Å². The monoisotopic (exact) mass is 415 g/mol. The van der Waals surface area contributed by atoms with Crippen molar-refractivity contribution in [2.45, 2.75) is 12.8 Å². The molecular weight excluding hydrogens is 399 g/mol. The van der Waals surface area contributed by atoms with Crippen LogP contribution in [0.2, 0.25) is 5.02 Å². The van der Waals surface area contributed by atoms with Crippen molar-refractivity contribution in [3.63, 3.8) is 0 Å². The van der Waals surface area contributed by atoms with E-state index in [9.17, 15) is 23.9 Å². The van der Waals surface area contributed by atoms with E-state index in [0.717, 1.165) is 6.07 Å². The molecule has 0 bridgehead atoms. The van der Waals surface area contributed by atoms with E-state index >= 15 is 0 Å². The minimum Gasteiger partial charge on any atom is -0.550 e. The number of carbonyl (C=O) groups excluding carboxylic acids is 3. The van der Waals surface area contributed by atoms with Crippen LogP contribution in [0.1, 0.15) is 23.2 Å². The molecule has 0 unspecified atom stereocenters. The van der Waals surface area contributed by atoms with Gasteiger partial charge >= 0.3 is 0 Å². The third-order valence-electron chi connectivity index (χ3n) is 4.68. The van der Waals surface area contributed by atoms with E-state index in [0.29, 0.717) is 0 Å². The van der Waals surface area contributed by atoms with Crippen LogP contribution in [0, 0.1) is 17.7 Å². The zero-order valence-corrected chi connectivity index (χ0v) is 15.9. The van der Waals surface area contributed by atoms with Crippen LogP contribution in [0.15, 0.2) is 54.6 Å². The Hall–Kier alpha value is -3.19. The summed E-state index contributed by atoms with van der Waals surface area (Å²) in [4.78, 5) is 36.6. The van der Waals surface area contributed by atoms with E-state index < -0.39 is 35.4 Å². The number of carboxylic acid groups (broad SMARTS) is 1. The minimum atomic E-state index is -1.28. The highest BCUT2D eigenvalue weighted by atomic mass is 35.5. The summed E-state index contributed by atoms with van der Waals surface area (Å²) in [6.07, 6.45) is 3.95. The Bertz CT molecular complexity index is 992. The number of halogens is 2. The van der Waals surface area contributed by atoms with Gasteiger partial charge in [0.05, 0.1) is 22.2 Å². The van der Waals surface area contributed by atoms with Crippen molar-refractivity contribution in [1.29, 1.82) is 0 Å². The molecule has 2 aromatic carbocycles. The molecule has 0 aliphatic heterocycles. The Balaban J connectivity index is 1.78. The lowest BCUT2D eigenvalue weighted by atomic mass is 9.82. The van der Waals surface area contributed by atoms with Crippen molar-refractivity contribution < 1.29 is 23.9 Å². The van der Waals surface area contributed by atoms with E-state index in [1.54, 1.807) is 24.3 Å². The third kappa shape index (κ3) is 4.81. The lowest BCUT2D eigenvalue weighted by Gasteiger charge is -2.28. The summed E-state index contributed by atoms with van der Waals surface area (Å²) in [6.45, 7) is 0. The number of carboxylic acids is 1. The molecule has 1 aliphatic rings. The number of para-hydroxylation sites is 1. The molecular formula is C21H17ClFN2O4-. The first-order valence-corrected chi connectivity index (χ1v) is 9.26. The molecule has 1 aliphatic carbocycles. The van der Waals surface area contributed by atoms with Crippen LogP contribution in [-0.4, -0.2) is 17.8 Å². The van der Waals surface area contributed by atoms with Crippen molar-refractivity contribution in [2.75, 3.05) is 10.6 Å². The number of hydrogen-bond acceptors (Lipinski definition) is 4. The first kappa shape index (κ1) is 20.5. The van der Waals surface area contributed by atoms with Gasteiger partial charge in [0, 0.05) is 17.6 Å². The number of aliphatic carboxylic acids is 1. The van der Waals surface area contributed by atoms with Gasteiger partial charge in [0.2, 0.25) is 5.91 Å². The van der Waals surface area contributed by atoms with Crippen LogP contribution < -0.4 is 15.7 Å². The number of nitrogens with one attached hydrogen (secondary N) is 2. The highest BCUT2D eigenvalue weighted by Crippen LogP contribution is 2.28.